The van der Waals surface area contributed by atoms with Gasteiger partial charge in [0, 0.05) is 23.7 Å². The number of hydrogen-bond acceptors (Lipinski definition) is 3. The van der Waals surface area contributed by atoms with Crippen molar-refractivity contribution in [3.63, 3.8) is 0 Å². The summed E-state index contributed by atoms with van der Waals surface area (Å²) in [6.07, 6.45) is -5.11. The number of carbonyl (C=O) groups is 1. The van der Waals surface area contributed by atoms with E-state index in [4.69, 9.17) is 0 Å². The molecule has 0 radical (unpaired) electrons. The summed E-state index contributed by atoms with van der Waals surface area (Å²) >= 11 is 2.73. The second-order valence-corrected chi connectivity index (χ2v) is 4.59. The molecule has 0 aromatic heterocycles. The number of nitrogens with zero attached hydrogens (tertiary/aromatic N) is 1. The van der Waals surface area contributed by atoms with Crippen LogP contribution in [-0.2, 0) is 11.3 Å². The van der Waals surface area contributed by atoms with Crippen LogP contribution < -0.4 is 5.32 Å². The predicted molar refractivity (Wildman–Crippen MR) is 63.4 cm³/mol. The van der Waals surface area contributed by atoms with E-state index >= 15 is 0 Å². The van der Waals surface area contributed by atoms with Gasteiger partial charge in [0.2, 0.25) is 0 Å². The number of alkyl halides is 3. The van der Waals surface area contributed by atoms with Crippen LogP contribution in [0.25, 0.3) is 0 Å². The number of rotatable bonds is 3. The molecule has 0 fully saturated rings. The maximum Gasteiger partial charge on any atom is 0.471 e. The predicted octanol–water partition coefficient (Wildman–Crippen LogP) is 2.98. The smallest absolute Gasteiger partial charge is 0.344 e. The lowest BCUT2D eigenvalue weighted by molar-refractivity contribution is -0.385. The van der Waals surface area contributed by atoms with Crippen molar-refractivity contribution in [3.8, 4) is 0 Å². The average Bonchev–Trinajstić information content (AvgIpc) is 2.31. The van der Waals surface area contributed by atoms with Crippen LogP contribution in [0.3, 0.4) is 0 Å². The van der Waals surface area contributed by atoms with Gasteiger partial charge in [-0.15, -0.1) is 0 Å². The lowest BCUT2D eigenvalue weighted by atomic mass is 10.1. The van der Waals surface area contributed by atoms with E-state index in [0.29, 0.717) is 0 Å². The molecule has 0 aliphatic heterocycles. The second-order valence-electron chi connectivity index (χ2n) is 3.73. The molecule has 0 aliphatic carbocycles. The minimum Gasteiger partial charge on any atom is -0.344 e. The van der Waals surface area contributed by atoms with Gasteiger partial charge in [-0.2, -0.15) is 13.2 Å². The van der Waals surface area contributed by atoms with Gasteiger partial charge in [-0.25, -0.2) is 4.39 Å². The number of nitro groups is 1. The molecule has 0 bridgehead atoms. The fraction of sp³-hybridized carbons (Fsp3) is 0.300. The van der Waals surface area contributed by atoms with E-state index < -0.39 is 35.1 Å². The molecule has 0 saturated heterocycles. The Hall–Kier alpha value is -1.71. The Bertz CT molecular complexity index is 575. The van der Waals surface area contributed by atoms with Gasteiger partial charge < -0.3 is 5.32 Å². The Labute approximate surface area is 118 Å². The molecule has 10 heteroatoms. The van der Waals surface area contributed by atoms with E-state index in [0.717, 1.165) is 6.07 Å². The number of nitrogens with one attached hydrogen (secondary N) is 1. The van der Waals surface area contributed by atoms with Gasteiger partial charge in [0.15, 0.2) is 0 Å². The number of carbonyl (C=O) groups excluding carboxylic acids is 1. The topological polar surface area (TPSA) is 72.2 Å². The van der Waals surface area contributed by atoms with Crippen LogP contribution in [0.4, 0.5) is 23.2 Å². The van der Waals surface area contributed by atoms with Crippen molar-refractivity contribution in [1.29, 1.82) is 0 Å². The lowest BCUT2D eigenvalue weighted by Crippen LogP contribution is -2.36. The molecule has 1 amide bonds. The molecule has 0 saturated carbocycles. The zero-order chi connectivity index (χ0) is 15.7. The van der Waals surface area contributed by atoms with Gasteiger partial charge in [-0.05, 0) is 22.9 Å². The Morgan fingerprint density at radius 2 is 2.05 bits per heavy atom. The SMILES string of the molecule is Cc1c([N+](=O)[O-])cc(Br)c(F)c1CNC(=O)C(F)(F)F. The largest absolute Gasteiger partial charge is 0.471 e. The monoisotopic (exact) mass is 358 g/mol. The standard InChI is InChI=1S/C10H7BrF4N2O3/c1-4-5(3-16-9(18)10(13,14)15)8(12)6(11)2-7(4)17(19)20/h2H,3H2,1H3,(H,16,18). The molecule has 1 aromatic rings. The highest BCUT2D eigenvalue weighted by Crippen LogP contribution is 2.30. The minimum absolute atomic E-state index is 0.154. The zero-order valence-corrected chi connectivity index (χ0v) is 11.4. The fourth-order valence-corrected chi connectivity index (χ4v) is 1.88. The zero-order valence-electron chi connectivity index (χ0n) is 9.85. The molecule has 0 unspecified atom stereocenters. The second kappa shape index (κ2) is 5.73. The van der Waals surface area contributed by atoms with Crippen LogP contribution in [0.2, 0.25) is 0 Å². The van der Waals surface area contributed by atoms with E-state index in [-0.39, 0.29) is 15.6 Å². The van der Waals surface area contributed by atoms with Crippen LogP contribution >= 0.6 is 15.9 Å². The molecule has 0 heterocycles. The van der Waals surface area contributed by atoms with E-state index in [1.165, 1.54) is 12.2 Å². The molecule has 0 atom stereocenters. The van der Waals surface area contributed by atoms with Gasteiger partial charge in [-0.3, -0.25) is 14.9 Å². The number of nitro benzene ring substituents is 1. The first-order valence-electron chi connectivity index (χ1n) is 5.02. The first-order chi connectivity index (χ1) is 9.05. The Kier molecular flexibility index (Phi) is 4.69. The van der Waals surface area contributed by atoms with Gasteiger partial charge in [0.25, 0.3) is 5.69 Å². The van der Waals surface area contributed by atoms with Crippen LogP contribution in [0, 0.1) is 22.9 Å². The van der Waals surface area contributed by atoms with E-state index in [1.54, 1.807) is 0 Å². The molecule has 1 N–H and O–H groups in total. The first kappa shape index (κ1) is 16.3. The highest BCUT2D eigenvalue weighted by molar-refractivity contribution is 9.10. The number of halogens is 5. The molecule has 0 spiro atoms. The van der Waals surface area contributed by atoms with Crippen molar-refractivity contribution in [2.75, 3.05) is 0 Å². The highest BCUT2D eigenvalue weighted by atomic mass is 79.9. The summed E-state index contributed by atoms with van der Waals surface area (Å²) in [5.41, 5.74) is -1.00. The number of benzene rings is 1. The van der Waals surface area contributed by atoms with Crippen LogP contribution in [-0.4, -0.2) is 17.0 Å². The van der Waals surface area contributed by atoms with Crippen LogP contribution in [0.15, 0.2) is 10.5 Å². The van der Waals surface area contributed by atoms with Crippen molar-refractivity contribution < 1.29 is 27.3 Å². The van der Waals surface area contributed by atoms with Crippen molar-refractivity contribution >= 4 is 27.5 Å². The van der Waals surface area contributed by atoms with Gasteiger partial charge >= 0.3 is 12.1 Å². The summed E-state index contributed by atoms with van der Waals surface area (Å²) in [5.74, 6) is -3.21. The van der Waals surface area contributed by atoms with Crippen LogP contribution in [0.1, 0.15) is 11.1 Å². The highest BCUT2D eigenvalue weighted by Gasteiger charge is 2.38. The average molecular weight is 359 g/mol. The maximum absolute atomic E-state index is 13.8. The quantitative estimate of drug-likeness (QED) is 0.512. The Morgan fingerprint density at radius 1 is 1.50 bits per heavy atom. The molecular formula is C10H7BrF4N2O3. The summed E-state index contributed by atoms with van der Waals surface area (Å²) in [6.45, 7) is 0.374. The molecule has 110 valence electrons. The summed E-state index contributed by atoms with van der Waals surface area (Å²) in [7, 11) is 0. The first-order valence-corrected chi connectivity index (χ1v) is 5.82. The number of hydrogen-bond donors (Lipinski definition) is 1. The fourth-order valence-electron chi connectivity index (χ4n) is 1.42. The molecular weight excluding hydrogens is 352 g/mol. The van der Waals surface area contributed by atoms with E-state index in [2.05, 4.69) is 15.9 Å². The van der Waals surface area contributed by atoms with Gasteiger partial charge in [0.05, 0.1) is 9.40 Å². The molecule has 5 nitrogen and oxygen atoms in total. The van der Waals surface area contributed by atoms with Crippen molar-refractivity contribution in [2.45, 2.75) is 19.6 Å². The summed E-state index contributed by atoms with van der Waals surface area (Å²) < 4.78 is 49.5. The van der Waals surface area contributed by atoms with E-state index in [1.807, 2.05) is 0 Å². The number of amides is 1. The van der Waals surface area contributed by atoms with Crippen molar-refractivity contribution in [1.82, 2.24) is 5.32 Å². The van der Waals surface area contributed by atoms with Crippen LogP contribution in [0.5, 0.6) is 0 Å². The lowest BCUT2D eigenvalue weighted by Gasteiger charge is -2.12. The third kappa shape index (κ3) is 3.44. The Morgan fingerprint density at radius 3 is 2.50 bits per heavy atom. The molecule has 20 heavy (non-hydrogen) atoms. The van der Waals surface area contributed by atoms with Crippen molar-refractivity contribution in [2.24, 2.45) is 0 Å². The summed E-state index contributed by atoms with van der Waals surface area (Å²) in [4.78, 5) is 20.6. The Balaban J connectivity index is 3.12. The maximum atomic E-state index is 13.8. The molecule has 0 aliphatic rings. The van der Waals surface area contributed by atoms with Crippen molar-refractivity contribution in [3.05, 3.63) is 37.6 Å². The summed E-state index contributed by atoms with van der Waals surface area (Å²) in [5, 5.41) is 12.2. The third-order valence-corrected chi connectivity index (χ3v) is 3.03. The minimum atomic E-state index is -5.11. The van der Waals surface area contributed by atoms with Gasteiger partial charge in [-0.1, -0.05) is 0 Å². The van der Waals surface area contributed by atoms with Gasteiger partial charge in [0.1, 0.15) is 5.82 Å². The summed E-state index contributed by atoms with van der Waals surface area (Å²) in [6, 6.07) is 0.903. The molecule has 1 aromatic carbocycles. The molecule has 1 rings (SSSR count). The normalized spacial score (nSPS) is 11.3. The third-order valence-electron chi connectivity index (χ3n) is 2.45. The van der Waals surface area contributed by atoms with E-state index in [9.17, 15) is 32.5 Å².